The van der Waals surface area contributed by atoms with Gasteiger partial charge in [0, 0.05) is 36.4 Å². The highest BCUT2D eigenvalue weighted by Crippen LogP contribution is 2.48. The number of rotatable bonds is 16. The van der Waals surface area contributed by atoms with Gasteiger partial charge in [0.1, 0.15) is 37.2 Å². The molecule has 364 valence electrons. The third-order valence-corrected chi connectivity index (χ3v) is 24.1. The number of anilines is 1. The number of amides is 1. The van der Waals surface area contributed by atoms with Gasteiger partial charge in [0.25, 0.3) is 19.8 Å². The molecule has 0 aliphatic carbocycles. The molecule has 0 saturated carbocycles. The maximum atomic E-state index is 14.5. The fraction of sp³-hybridized carbons (Fsp3) is 0.438. The number of nitrogens with zero attached hydrogens (tertiary/aromatic N) is 3. The van der Waals surface area contributed by atoms with E-state index in [1.165, 1.54) is 27.6 Å². The molecular weight excluding hydrogens is 942 g/mol. The van der Waals surface area contributed by atoms with Crippen LogP contribution in [0.1, 0.15) is 82.8 Å². The molecule has 2 fully saturated rings. The minimum atomic E-state index is -4.38. The number of aromatic amines is 1. The summed E-state index contributed by atoms with van der Waals surface area (Å²) in [5.41, 5.74) is -1.12. The Bertz CT molecular complexity index is 2750. The van der Waals surface area contributed by atoms with E-state index in [0.717, 1.165) is 10.4 Å². The number of carbonyl (C=O) groups excluding carboxylic acids is 1. The van der Waals surface area contributed by atoms with Gasteiger partial charge in [-0.25, -0.2) is 9.59 Å². The number of hydrogen-bond acceptors (Lipinski definition) is 13. The number of aromatic nitrogens is 4. The third-order valence-electron chi connectivity index (χ3n) is 13.0. The summed E-state index contributed by atoms with van der Waals surface area (Å²) in [7, 11) is -5.58. The zero-order valence-corrected chi connectivity index (χ0v) is 43.6. The van der Waals surface area contributed by atoms with E-state index in [-0.39, 0.29) is 36.9 Å². The van der Waals surface area contributed by atoms with Crippen LogP contribution in [0.4, 0.5) is 5.82 Å². The lowest BCUT2D eigenvalue weighted by Gasteiger charge is -2.44. The van der Waals surface area contributed by atoms with Gasteiger partial charge in [0.2, 0.25) is 0 Å². The van der Waals surface area contributed by atoms with Gasteiger partial charge < -0.3 is 37.6 Å². The van der Waals surface area contributed by atoms with Gasteiger partial charge in [0.15, 0.2) is 8.32 Å². The number of nitrogens with one attached hydrogen (secondary N) is 2. The van der Waals surface area contributed by atoms with Crippen molar-refractivity contribution in [3.8, 4) is 0 Å². The molecule has 3 aromatic carbocycles. The molecule has 0 bridgehead atoms. The van der Waals surface area contributed by atoms with Gasteiger partial charge in [-0.2, -0.15) is 4.98 Å². The standard InChI is InChI=1S/C48H62N5O11PSSi2/c1-32-29-53(46(57)51-43(32)54)42-28-37(64-67(8,9)47(2,3)4)38(61-42)30-59-65(58,66)63-36-27-41(52-26-25-40(50-45(52)56)49-44(55)33-19-13-10-14-20-33)62-39(36)31-60-68(48(5,6)7,34-21-15-11-16-22-34)35-23-17-12-18-24-35/h10-26,29,36-39,41-42H,27-28,30-31H2,1-9H3,(H,58,66)(H,51,54,57)(H,49,50,55,56)/p-1/t36-,37-,38+,39+,41+,42+,65?/m0/s1. The highest BCUT2D eigenvalue weighted by Gasteiger charge is 2.52. The van der Waals surface area contributed by atoms with Crippen LogP contribution in [0.5, 0.6) is 0 Å². The molecule has 5 aromatic rings. The van der Waals surface area contributed by atoms with Crippen LogP contribution in [0.15, 0.2) is 124 Å². The predicted molar refractivity (Wildman–Crippen MR) is 267 cm³/mol. The largest absolute Gasteiger partial charge is 0.780 e. The molecule has 4 heterocycles. The van der Waals surface area contributed by atoms with Crippen molar-refractivity contribution in [2.45, 2.75) is 121 Å². The first-order valence-corrected chi connectivity index (χ1v) is 30.0. The van der Waals surface area contributed by atoms with E-state index in [9.17, 15) is 24.1 Å². The van der Waals surface area contributed by atoms with Crippen molar-refractivity contribution >= 4 is 57.3 Å². The summed E-state index contributed by atoms with van der Waals surface area (Å²) in [6.07, 6.45) is -1.99. The van der Waals surface area contributed by atoms with Crippen LogP contribution in [0, 0.1) is 6.92 Å². The van der Waals surface area contributed by atoms with Crippen molar-refractivity contribution in [1.82, 2.24) is 19.1 Å². The van der Waals surface area contributed by atoms with Crippen molar-refractivity contribution in [3.05, 3.63) is 152 Å². The highest BCUT2D eigenvalue weighted by molar-refractivity contribution is 8.06. The Labute approximate surface area is 403 Å². The third kappa shape index (κ3) is 11.4. The minimum Gasteiger partial charge on any atom is -0.780 e. The number of H-pyrrole nitrogens is 1. The fourth-order valence-electron chi connectivity index (χ4n) is 8.44. The van der Waals surface area contributed by atoms with Gasteiger partial charge >= 0.3 is 11.4 Å². The van der Waals surface area contributed by atoms with Crippen LogP contribution in [0.2, 0.25) is 23.2 Å². The van der Waals surface area contributed by atoms with Gasteiger partial charge in [-0.1, -0.05) is 132 Å². The zero-order valence-electron chi connectivity index (χ0n) is 39.9. The van der Waals surface area contributed by atoms with Crippen molar-refractivity contribution < 1.29 is 37.1 Å². The molecule has 0 spiro atoms. The number of benzene rings is 3. The second kappa shape index (κ2) is 20.5. The molecule has 2 aromatic heterocycles. The quantitative estimate of drug-likeness (QED) is 0.0879. The first kappa shape index (κ1) is 51.3. The van der Waals surface area contributed by atoms with E-state index in [0.29, 0.717) is 11.1 Å². The molecule has 2 aliphatic heterocycles. The Morgan fingerprint density at radius 3 is 1.93 bits per heavy atom. The SMILES string of the molecule is Cc1cn([C@H]2C[C@H](O[Si](C)(C)C(C)(C)C)[C@@H](COP([O-])(=S)O[C@H]3C[C@H](n4ccc(NC(=O)c5ccccc5)nc4=O)O[C@@H]3CO[Si](c3ccccc3)(c3ccccc3)C(C)(C)C)O2)c(=O)[nH]c1=O. The van der Waals surface area contributed by atoms with Crippen LogP contribution in [-0.2, 0) is 39.2 Å². The molecule has 2 saturated heterocycles. The zero-order chi connectivity index (χ0) is 49.2. The van der Waals surface area contributed by atoms with Crippen molar-refractivity contribution in [1.29, 1.82) is 0 Å². The number of carbonyl (C=O) groups is 1. The molecule has 0 radical (unpaired) electrons. The topological polar surface area (TPSA) is 197 Å². The lowest BCUT2D eigenvalue weighted by atomic mass is 10.2. The van der Waals surface area contributed by atoms with Crippen molar-refractivity contribution in [2.24, 2.45) is 0 Å². The summed E-state index contributed by atoms with van der Waals surface area (Å²) in [5.74, 6) is -0.381. The average molecular weight is 1000 g/mol. The predicted octanol–water partition coefficient (Wildman–Crippen LogP) is 5.88. The van der Waals surface area contributed by atoms with E-state index in [1.807, 2.05) is 36.4 Å². The molecule has 7 rings (SSSR count). The van der Waals surface area contributed by atoms with Crippen LogP contribution in [-0.4, -0.2) is 79.3 Å². The smallest absolute Gasteiger partial charge is 0.351 e. The molecular formula is C48H61N5O11PSSi2-. The molecule has 1 amide bonds. The highest BCUT2D eigenvalue weighted by atomic mass is 32.5. The summed E-state index contributed by atoms with van der Waals surface area (Å²) in [5, 5.41) is 4.14. The molecule has 68 heavy (non-hydrogen) atoms. The Kier molecular flexibility index (Phi) is 15.4. The average Bonchev–Trinajstić information content (AvgIpc) is 3.86. The number of hydrogen-bond donors (Lipinski definition) is 2. The molecule has 16 nitrogen and oxygen atoms in total. The second-order valence-electron chi connectivity index (χ2n) is 19.8. The molecule has 20 heteroatoms. The first-order chi connectivity index (χ1) is 32.0. The molecule has 1 unspecified atom stereocenters. The number of aryl methyl sites for hydroxylation is 1. The van der Waals surface area contributed by atoms with E-state index in [2.05, 4.69) is 94.2 Å². The fourth-order valence-corrected chi connectivity index (χ4v) is 15.8. The van der Waals surface area contributed by atoms with Crippen molar-refractivity contribution in [3.63, 3.8) is 0 Å². The molecule has 2 N–H and O–H groups in total. The molecule has 7 atom stereocenters. The van der Waals surface area contributed by atoms with Crippen molar-refractivity contribution in [2.75, 3.05) is 18.5 Å². The van der Waals surface area contributed by atoms with Gasteiger partial charge in [-0.05, 0) is 58.7 Å². The summed E-state index contributed by atoms with van der Waals surface area (Å²) in [6.45, 7) is 13.8. The summed E-state index contributed by atoms with van der Waals surface area (Å²) in [6, 6.07) is 30.2. The van der Waals surface area contributed by atoms with E-state index in [1.54, 1.807) is 37.3 Å². The van der Waals surface area contributed by atoms with E-state index < -0.39 is 88.1 Å². The maximum Gasteiger partial charge on any atom is 0.351 e. The first-order valence-electron chi connectivity index (χ1n) is 22.6. The molecule has 2 aliphatic rings. The van der Waals surface area contributed by atoms with E-state index >= 15 is 0 Å². The Morgan fingerprint density at radius 2 is 1.37 bits per heavy atom. The van der Waals surface area contributed by atoms with E-state index in [4.69, 9.17) is 39.2 Å². The van der Waals surface area contributed by atoms with Crippen LogP contribution in [0.3, 0.4) is 0 Å². The Balaban J connectivity index is 1.17. The van der Waals surface area contributed by atoms with Crippen LogP contribution < -0.4 is 37.5 Å². The van der Waals surface area contributed by atoms with Gasteiger partial charge in [-0.3, -0.25) is 23.7 Å². The lowest BCUT2D eigenvalue weighted by Crippen LogP contribution is -2.67. The van der Waals surface area contributed by atoms with Gasteiger partial charge in [-0.15, -0.1) is 0 Å². The summed E-state index contributed by atoms with van der Waals surface area (Å²) >= 11 is 5.62. The Hall–Kier alpha value is -4.51. The van der Waals surface area contributed by atoms with Crippen LogP contribution in [0.25, 0.3) is 0 Å². The normalized spacial score (nSPS) is 22.2. The van der Waals surface area contributed by atoms with Crippen LogP contribution >= 0.6 is 6.72 Å². The number of ether oxygens (including phenoxy) is 2. The minimum absolute atomic E-state index is 0.00363. The summed E-state index contributed by atoms with van der Waals surface area (Å²) in [4.78, 5) is 72.7. The summed E-state index contributed by atoms with van der Waals surface area (Å²) < 4.78 is 42.0. The maximum absolute atomic E-state index is 14.5. The second-order valence-corrected chi connectivity index (χ2v) is 31.6. The van der Waals surface area contributed by atoms with Gasteiger partial charge in [0.05, 0.1) is 25.4 Å². The monoisotopic (exact) mass is 1000 g/mol. The lowest BCUT2D eigenvalue weighted by molar-refractivity contribution is -0.215. The Morgan fingerprint density at radius 1 is 0.824 bits per heavy atom.